The number of unbranched alkanes of at least 4 members (excludes halogenated alkanes) is 1. The molecule has 0 spiro atoms. The minimum atomic E-state index is -0.408. The molecule has 0 unspecified atom stereocenters. The number of hydrogen-bond acceptors (Lipinski definition) is 4. The van der Waals surface area contributed by atoms with Crippen molar-refractivity contribution in [3.8, 4) is 11.5 Å². The molecule has 24 heavy (non-hydrogen) atoms. The lowest BCUT2D eigenvalue weighted by atomic mass is 10.3. The zero-order valence-electron chi connectivity index (χ0n) is 14.0. The van der Waals surface area contributed by atoms with Crippen LogP contribution in [0.3, 0.4) is 0 Å². The predicted octanol–water partition coefficient (Wildman–Crippen LogP) is 2.16. The summed E-state index contributed by atoms with van der Waals surface area (Å²) in [7, 11) is 0. The van der Waals surface area contributed by atoms with Gasteiger partial charge < -0.3 is 4.57 Å². The lowest BCUT2D eigenvalue weighted by Crippen LogP contribution is -2.31. The molecule has 0 atom stereocenters. The van der Waals surface area contributed by atoms with Crippen molar-refractivity contribution in [3.05, 3.63) is 45.2 Å². The van der Waals surface area contributed by atoms with Crippen LogP contribution in [0, 0.1) is 0 Å². The number of nitrogens with zero attached hydrogens (tertiary/aromatic N) is 4. The summed E-state index contributed by atoms with van der Waals surface area (Å²) in [5, 5.41) is 0. The molecule has 0 radical (unpaired) electrons. The molecular weight excluding hydrogens is 306 g/mol. The molecule has 0 aliphatic carbocycles. The summed E-state index contributed by atoms with van der Waals surface area (Å²) < 4.78 is 3.41. The van der Waals surface area contributed by atoms with Crippen LogP contribution in [-0.2, 0) is 13.1 Å². The second kappa shape index (κ2) is 6.82. The SMILES string of the molecule is CCCCn1c(=O)[nH]c(=O)c2c1nc(-c1ccccn1)n2CCC. The van der Waals surface area contributed by atoms with E-state index < -0.39 is 11.2 Å². The fourth-order valence-electron chi connectivity index (χ4n) is 2.83. The average molecular weight is 327 g/mol. The Morgan fingerprint density at radius 1 is 1.08 bits per heavy atom. The summed E-state index contributed by atoms with van der Waals surface area (Å²) in [5.74, 6) is 0.619. The summed E-state index contributed by atoms with van der Waals surface area (Å²) in [6.45, 7) is 5.27. The van der Waals surface area contributed by atoms with Crippen LogP contribution >= 0.6 is 0 Å². The van der Waals surface area contributed by atoms with Gasteiger partial charge in [0, 0.05) is 19.3 Å². The first-order valence-electron chi connectivity index (χ1n) is 8.32. The number of rotatable bonds is 6. The number of pyridine rings is 1. The Morgan fingerprint density at radius 2 is 1.92 bits per heavy atom. The van der Waals surface area contributed by atoms with Gasteiger partial charge in [-0.2, -0.15) is 0 Å². The van der Waals surface area contributed by atoms with Gasteiger partial charge in [0.05, 0.1) is 0 Å². The molecule has 0 amide bonds. The van der Waals surface area contributed by atoms with Gasteiger partial charge in [-0.05, 0) is 25.0 Å². The molecule has 0 saturated heterocycles. The number of aromatic amines is 1. The molecular formula is C17H21N5O2. The molecule has 3 rings (SSSR count). The molecule has 3 aromatic heterocycles. The maximum atomic E-state index is 12.4. The Balaban J connectivity index is 2.34. The number of aromatic nitrogens is 5. The van der Waals surface area contributed by atoms with Gasteiger partial charge in [-0.15, -0.1) is 0 Å². The van der Waals surface area contributed by atoms with Crippen molar-refractivity contribution in [1.29, 1.82) is 0 Å². The molecule has 0 saturated carbocycles. The maximum absolute atomic E-state index is 12.4. The smallest absolute Gasteiger partial charge is 0.317 e. The van der Waals surface area contributed by atoms with E-state index in [0.29, 0.717) is 35.8 Å². The monoisotopic (exact) mass is 327 g/mol. The first-order chi connectivity index (χ1) is 11.7. The zero-order chi connectivity index (χ0) is 17.1. The van der Waals surface area contributed by atoms with Gasteiger partial charge in [0.1, 0.15) is 5.69 Å². The molecule has 7 heteroatoms. The standard InChI is InChI=1S/C17H21N5O2/c1-3-5-11-22-15-13(16(23)20-17(22)24)21(10-4-2)14(19-15)12-8-6-7-9-18-12/h6-9H,3-5,10-11H2,1-2H3,(H,20,23,24). The van der Waals surface area contributed by atoms with Crippen LogP contribution < -0.4 is 11.2 Å². The van der Waals surface area contributed by atoms with Crippen molar-refractivity contribution in [2.24, 2.45) is 0 Å². The van der Waals surface area contributed by atoms with Crippen LogP contribution in [0.1, 0.15) is 33.1 Å². The third-order valence-corrected chi connectivity index (χ3v) is 3.96. The van der Waals surface area contributed by atoms with Crippen molar-refractivity contribution < 1.29 is 0 Å². The highest BCUT2D eigenvalue weighted by molar-refractivity contribution is 5.76. The van der Waals surface area contributed by atoms with Crippen LogP contribution in [0.4, 0.5) is 0 Å². The average Bonchev–Trinajstić information content (AvgIpc) is 2.96. The summed E-state index contributed by atoms with van der Waals surface area (Å²) in [5.41, 5.74) is 0.760. The Bertz CT molecular complexity index is 953. The second-order valence-electron chi connectivity index (χ2n) is 5.74. The second-order valence-corrected chi connectivity index (χ2v) is 5.74. The zero-order valence-corrected chi connectivity index (χ0v) is 14.0. The minimum absolute atomic E-state index is 0.397. The number of imidazole rings is 1. The molecule has 7 nitrogen and oxygen atoms in total. The number of nitrogens with one attached hydrogen (secondary N) is 1. The Hall–Kier alpha value is -2.70. The first kappa shape index (κ1) is 16.2. The van der Waals surface area contributed by atoms with E-state index >= 15 is 0 Å². The van der Waals surface area contributed by atoms with E-state index in [0.717, 1.165) is 19.3 Å². The van der Waals surface area contributed by atoms with Crippen LogP contribution in [0.5, 0.6) is 0 Å². The lowest BCUT2D eigenvalue weighted by molar-refractivity contribution is 0.612. The Kier molecular flexibility index (Phi) is 4.59. The van der Waals surface area contributed by atoms with E-state index in [1.165, 1.54) is 0 Å². The third-order valence-electron chi connectivity index (χ3n) is 3.96. The van der Waals surface area contributed by atoms with Crippen LogP contribution in [0.15, 0.2) is 34.0 Å². The van der Waals surface area contributed by atoms with Crippen molar-refractivity contribution in [1.82, 2.24) is 24.1 Å². The maximum Gasteiger partial charge on any atom is 0.330 e. The van der Waals surface area contributed by atoms with Gasteiger partial charge >= 0.3 is 5.69 Å². The molecule has 0 aromatic carbocycles. The van der Waals surface area contributed by atoms with Crippen molar-refractivity contribution in [2.45, 2.75) is 46.2 Å². The van der Waals surface area contributed by atoms with Gasteiger partial charge in [0.25, 0.3) is 5.56 Å². The highest BCUT2D eigenvalue weighted by Crippen LogP contribution is 2.21. The number of hydrogen-bond donors (Lipinski definition) is 1. The van der Waals surface area contributed by atoms with Gasteiger partial charge in [-0.1, -0.05) is 26.3 Å². The fraction of sp³-hybridized carbons (Fsp3) is 0.412. The third kappa shape index (κ3) is 2.77. The molecule has 0 bridgehead atoms. The van der Waals surface area contributed by atoms with Crippen molar-refractivity contribution in [3.63, 3.8) is 0 Å². The van der Waals surface area contributed by atoms with Crippen molar-refractivity contribution in [2.75, 3.05) is 0 Å². The number of aryl methyl sites for hydroxylation is 2. The molecule has 0 aliphatic heterocycles. The van der Waals surface area contributed by atoms with E-state index in [1.54, 1.807) is 10.8 Å². The first-order valence-corrected chi connectivity index (χ1v) is 8.32. The number of H-pyrrole nitrogens is 1. The molecule has 0 aliphatic rings. The summed E-state index contributed by atoms with van der Waals surface area (Å²) in [6.07, 6.45) is 4.34. The van der Waals surface area contributed by atoms with E-state index in [9.17, 15) is 9.59 Å². The van der Waals surface area contributed by atoms with E-state index in [1.807, 2.05) is 29.7 Å². The van der Waals surface area contributed by atoms with E-state index in [2.05, 4.69) is 21.9 Å². The minimum Gasteiger partial charge on any atom is -0.317 e. The largest absolute Gasteiger partial charge is 0.330 e. The van der Waals surface area contributed by atoms with Gasteiger partial charge in [0.15, 0.2) is 17.0 Å². The van der Waals surface area contributed by atoms with Gasteiger partial charge in [0.2, 0.25) is 0 Å². The molecule has 1 N–H and O–H groups in total. The Labute approximate surface area is 139 Å². The van der Waals surface area contributed by atoms with Gasteiger partial charge in [-0.3, -0.25) is 19.3 Å². The van der Waals surface area contributed by atoms with Crippen LogP contribution in [-0.4, -0.2) is 24.1 Å². The summed E-state index contributed by atoms with van der Waals surface area (Å²) >= 11 is 0. The van der Waals surface area contributed by atoms with Crippen LogP contribution in [0.2, 0.25) is 0 Å². The van der Waals surface area contributed by atoms with E-state index in [4.69, 9.17) is 0 Å². The van der Waals surface area contributed by atoms with Crippen molar-refractivity contribution >= 4 is 11.2 Å². The highest BCUT2D eigenvalue weighted by atomic mass is 16.2. The lowest BCUT2D eigenvalue weighted by Gasteiger charge is -2.07. The van der Waals surface area contributed by atoms with Crippen LogP contribution in [0.25, 0.3) is 22.7 Å². The highest BCUT2D eigenvalue weighted by Gasteiger charge is 2.19. The number of fused-ring (bicyclic) bond motifs is 1. The molecule has 3 aromatic rings. The molecule has 126 valence electrons. The predicted molar refractivity (Wildman–Crippen MR) is 93.0 cm³/mol. The van der Waals surface area contributed by atoms with Gasteiger partial charge in [-0.25, -0.2) is 9.78 Å². The summed E-state index contributed by atoms with van der Waals surface area (Å²) in [6, 6.07) is 5.57. The molecule has 0 fully saturated rings. The topological polar surface area (TPSA) is 85.6 Å². The quantitative estimate of drug-likeness (QED) is 0.752. The fourth-order valence-corrected chi connectivity index (χ4v) is 2.83. The molecule has 3 heterocycles. The normalized spacial score (nSPS) is 11.2. The summed E-state index contributed by atoms with van der Waals surface area (Å²) in [4.78, 5) is 36.0. The van der Waals surface area contributed by atoms with E-state index in [-0.39, 0.29) is 0 Å². The Morgan fingerprint density at radius 3 is 2.58 bits per heavy atom.